The van der Waals surface area contributed by atoms with E-state index in [0.717, 1.165) is 70.6 Å². The maximum absolute atomic E-state index is 12.4. The Labute approximate surface area is 342 Å². The van der Waals surface area contributed by atoms with Crippen LogP contribution < -0.4 is 5.32 Å². The largest absolute Gasteiger partial charge is 0.466 e. The van der Waals surface area contributed by atoms with E-state index in [1.54, 1.807) is 0 Å². The normalized spacial score (nSPS) is 12.7. The Kier molecular flexibility index (Phi) is 44.2. The third-order valence-corrected chi connectivity index (χ3v) is 11.3. The van der Waals surface area contributed by atoms with Crippen molar-refractivity contribution < 1.29 is 24.5 Å². The van der Waals surface area contributed by atoms with Gasteiger partial charge in [0.25, 0.3) is 0 Å². The lowest BCUT2D eigenvalue weighted by Gasteiger charge is -2.22. The monoisotopic (exact) mass is 778 g/mol. The van der Waals surface area contributed by atoms with E-state index < -0.39 is 12.1 Å². The van der Waals surface area contributed by atoms with Gasteiger partial charge in [-0.05, 0) is 51.4 Å². The molecular weight excluding hydrogens is 683 g/mol. The smallest absolute Gasteiger partial charge is 0.305 e. The van der Waals surface area contributed by atoms with E-state index in [4.69, 9.17) is 4.74 Å². The molecule has 0 aromatic rings. The van der Waals surface area contributed by atoms with Crippen LogP contribution in [-0.4, -0.2) is 47.4 Å². The molecule has 2 unspecified atom stereocenters. The SMILES string of the molecule is CCCCCCCCCCCCCCCCC(=O)OCCCCCCCC/C=C\CCCCCC(=O)NC(CO)C(O)CCCCCCCCCCCCC. The zero-order chi connectivity index (χ0) is 40.1. The van der Waals surface area contributed by atoms with Gasteiger partial charge in [0, 0.05) is 12.8 Å². The molecule has 0 saturated carbocycles. The van der Waals surface area contributed by atoms with Crippen LogP contribution in [0.1, 0.15) is 264 Å². The van der Waals surface area contributed by atoms with Crippen LogP contribution in [0, 0.1) is 0 Å². The fraction of sp³-hybridized carbons (Fsp3) is 0.918. The van der Waals surface area contributed by atoms with E-state index in [0.29, 0.717) is 25.9 Å². The third kappa shape index (κ3) is 42.0. The molecule has 0 aliphatic carbocycles. The maximum Gasteiger partial charge on any atom is 0.305 e. The second-order valence-electron chi connectivity index (χ2n) is 16.8. The highest BCUT2D eigenvalue weighted by molar-refractivity contribution is 5.76. The van der Waals surface area contributed by atoms with Crippen LogP contribution in [-0.2, 0) is 14.3 Å². The number of esters is 1. The van der Waals surface area contributed by atoms with Crippen molar-refractivity contribution in [3.8, 4) is 0 Å². The number of nitrogens with one attached hydrogen (secondary N) is 1. The minimum absolute atomic E-state index is 0.0106. The Bertz CT molecular complexity index is 817. The molecule has 6 heteroatoms. The number of carbonyl (C=O) groups is 2. The molecule has 0 bridgehead atoms. The van der Waals surface area contributed by atoms with Gasteiger partial charge in [-0.2, -0.15) is 0 Å². The van der Waals surface area contributed by atoms with Crippen LogP contribution in [0.25, 0.3) is 0 Å². The number of carbonyl (C=O) groups excluding carboxylic acids is 2. The Morgan fingerprint density at radius 3 is 1.31 bits per heavy atom. The van der Waals surface area contributed by atoms with Gasteiger partial charge in [-0.3, -0.25) is 9.59 Å². The topological polar surface area (TPSA) is 95.9 Å². The Morgan fingerprint density at radius 2 is 0.855 bits per heavy atom. The molecule has 326 valence electrons. The highest BCUT2D eigenvalue weighted by Gasteiger charge is 2.20. The average Bonchev–Trinajstić information content (AvgIpc) is 3.18. The standard InChI is InChI=1S/C49H95NO5/c1-3-5-7-9-11-13-15-16-19-23-27-31-35-39-43-49(54)55-44-40-36-32-28-24-20-17-18-22-26-30-34-38-42-48(53)50-46(45-51)47(52)41-37-33-29-25-21-14-12-10-8-6-4-2/h18,22,46-47,51-52H,3-17,19-21,23-45H2,1-2H3,(H,50,53)/b22-18-. The molecule has 0 heterocycles. The molecule has 0 aliphatic rings. The van der Waals surface area contributed by atoms with Gasteiger partial charge >= 0.3 is 5.97 Å². The van der Waals surface area contributed by atoms with Crippen molar-refractivity contribution in [3.63, 3.8) is 0 Å². The number of hydrogen-bond acceptors (Lipinski definition) is 5. The average molecular weight is 778 g/mol. The van der Waals surface area contributed by atoms with Gasteiger partial charge in [-0.25, -0.2) is 0 Å². The van der Waals surface area contributed by atoms with Crippen LogP contribution in [0.15, 0.2) is 12.2 Å². The molecule has 0 rings (SSSR count). The fourth-order valence-corrected chi connectivity index (χ4v) is 7.51. The van der Waals surface area contributed by atoms with Crippen molar-refractivity contribution in [2.45, 2.75) is 276 Å². The van der Waals surface area contributed by atoms with Crippen LogP contribution in [0.2, 0.25) is 0 Å². The first kappa shape index (κ1) is 53.6. The molecule has 0 aromatic heterocycles. The lowest BCUT2D eigenvalue weighted by Crippen LogP contribution is -2.45. The number of allylic oxidation sites excluding steroid dienone is 2. The van der Waals surface area contributed by atoms with Crippen LogP contribution >= 0.6 is 0 Å². The van der Waals surface area contributed by atoms with Gasteiger partial charge in [0.2, 0.25) is 5.91 Å². The van der Waals surface area contributed by atoms with Crippen molar-refractivity contribution in [3.05, 3.63) is 12.2 Å². The predicted molar refractivity (Wildman–Crippen MR) is 237 cm³/mol. The van der Waals surface area contributed by atoms with Crippen molar-refractivity contribution >= 4 is 11.9 Å². The van der Waals surface area contributed by atoms with E-state index in [9.17, 15) is 19.8 Å². The summed E-state index contributed by atoms with van der Waals surface area (Å²) in [5.74, 6) is -0.0763. The van der Waals surface area contributed by atoms with E-state index in [2.05, 4.69) is 31.3 Å². The third-order valence-electron chi connectivity index (χ3n) is 11.3. The minimum Gasteiger partial charge on any atom is -0.466 e. The first-order chi connectivity index (χ1) is 27.0. The maximum atomic E-state index is 12.4. The van der Waals surface area contributed by atoms with Gasteiger partial charge in [-0.1, -0.05) is 212 Å². The van der Waals surface area contributed by atoms with Crippen molar-refractivity contribution in [2.24, 2.45) is 0 Å². The summed E-state index contributed by atoms with van der Waals surface area (Å²) in [6.45, 7) is 4.90. The van der Waals surface area contributed by atoms with E-state index in [-0.39, 0.29) is 18.5 Å². The molecule has 6 nitrogen and oxygen atoms in total. The quantitative estimate of drug-likeness (QED) is 0.0325. The van der Waals surface area contributed by atoms with Crippen molar-refractivity contribution in [1.82, 2.24) is 5.32 Å². The molecule has 0 radical (unpaired) electrons. The highest BCUT2D eigenvalue weighted by atomic mass is 16.5. The summed E-state index contributed by atoms with van der Waals surface area (Å²) >= 11 is 0. The van der Waals surface area contributed by atoms with E-state index in [1.807, 2.05) is 0 Å². The summed E-state index contributed by atoms with van der Waals surface area (Å²) in [5, 5.41) is 23.1. The number of ether oxygens (including phenoxy) is 1. The molecule has 0 aromatic carbocycles. The zero-order valence-corrected chi connectivity index (χ0v) is 36.9. The summed E-state index contributed by atoms with van der Waals surface area (Å²) in [6, 6.07) is -0.559. The Balaban J connectivity index is 3.48. The van der Waals surface area contributed by atoms with Gasteiger partial charge < -0.3 is 20.3 Å². The minimum atomic E-state index is -0.678. The zero-order valence-electron chi connectivity index (χ0n) is 36.9. The predicted octanol–water partition coefficient (Wildman–Crippen LogP) is 14.2. The van der Waals surface area contributed by atoms with E-state index in [1.165, 1.54) is 161 Å². The molecule has 0 saturated heterocycles. The summed E-state index contributed by atoms with van der Waals surface area (Å²) in [4.78, 5) is 24.4. The van der Waals surface area contributed by atoms with Gasteiger partial charge in [0.15, 0.2) is 0 Å². The second-order valence-corrected chi connectivity index (χ2v) is 16.8. The Morgan fingerprint density at radius 1 is 0.491 bits per heavy atom. The number of amides is 1. The van der Waals surface area contributed by atoms with Crippen LogP contribution in [0.3, 0.4) is 0 Å². The number of aliphatic hydroxyl groups excluding tert-OH is 2. The molecule has 0 spiro atoms. The molecule has 55 heavy (non-hydrogen) atoms. The summed E-state index contributed by atoms with van der Waals surface area (Å²) in [7, 11) is 0. The lowest BCUT2D eigenvalue weighted by molar-refractivity contribution is -0.143. The second kappa shape index (κ2) is 45.3. The van der Waals surface area contributed by atoms with Crippen LogP contribution in [0.4, 0.5) is 0 Å². The summed E-state index contributed by atoms with van der Waals surface area (Å²) in [6.07, 6.45) is 50.3. The van der Waals surface area contributed by atoms with Crippen molar-refractivity contribution in [2.75, 3.05) is 13.2 Å². The Hall–Kier alpha value is -1.40. The molecule has 3 N–H and O–H groups in total. The first-order valence-electron chi connectivity index (χ1n) is 24.4. The van der Waals surface area contributed by atoms with Gasteiger partial charge in [-0.15, -0.1) is 0 Å². The molecule has 0 aliphatic heterocycles. The molecular formula is C49H95NO5. The summed E-state index contributed by atoms with van der Waals surface area (Å²) in [5.41, 5.74) is 0. The molecule has 1 amide bonds. The number of unbranched alkanes of at least 4 members (excludes halogenated alkanes) is 32. The van der Waals surface area contributed by atoms with Crippen molar-refractivity contribution in [1.29, 1.82) is 0 Å². The van der Waals surface area contributed by atoms with E-state index >= 15 is 0 Å². The van der Waals surface area contributed by atoms with Gasteiger partial charge in [0.05, 0.1) is 25.4 Å². The summed E-state index contributed by atoms with van der Waals surface area (Å²) < 4.78 is 5.45. The first-order valence-corrected chi connectivity index (χ1v) is 24.4. The number of rotatable bonds is 45. The lowest BCUT2D eigenvalue weighted by atomic mass is 10.0. The number of aliphatic hydroxyl groups is 2. The highest BCUT2D eigenvalue weighted by Crippen LogP contribution is 2.16. The van der Waals surface area contributed by atoms with Gasteiger partial charge in [0.1, 0.15) is 0 Å². The van der Waals surface area contributed by atoms with Crippen LogP contribution in [0.5, 0.6) is 0 Å². The number of hydrogen-bond donors (Lipinski definition) is 3. The molecule has 0 fully saturated rings. The fourth-order valence-electron chi connectivity index (χ4n) is 7.51. The molecule has 2 atom stereocenters.